The molecule has 3 atom stereocenters. The van der Waals surface area contributed by atoms with Crippen LogP contribution in [0.5, 0.6) is 0 Å². The average molecular weight is 384 g/mol. The Bertz CT molecular complexity index is 924. The van der Waals surface area contributed by atoms with Crippen molar-refractivity contribution in [2.24, 2.45) is 0 Å². The van der Waals surface area contributed by atoms with E-state index in [4.69, 9.17) is 4.42 Å². The highest BCUT2D eigenvalue weighted by Crippen LogP contribution is 2.39. The number of carbonyl (C=O) groups excluding carboxylic acids is 1. The largest absolute Gasteiger partial charge is 0.632 e. The van der Waals surface area contributed by atoms with E-state index in [-0.39, 0.29) is 27.9 Å². The molecule has 1 aromatic heterocycles. The van der Waals surface area contributed by atoms with Gasteiger partial charge in [0.25, 0.3) is 0 Å². The summed E-state index contributed by atoms with van der Waals surface area (Å²) in [5, 5.41) is 13.6. The number of fused-ring (bicyclic) bond motifs is 2. The molecule has 0 radical (unpaired) electrons. The highest BCUT2D eigenvalue weighted by atomic mass is 16.6. The second-order valence-electron chi connectivity index (χ2n) is 8.37. The molecule has 0 N–H and O–H groups in total. The summed E-state index contributed by atoms with van der Waals surface area (Å²) < 4.78 is 5.59. The first kappa shape index (κ1) is 19.3. The number of benzene rings is 1. The predicted octanol–water partition coefficient (Wildman–Crippen LogP) is 3.21. The second-order valence-corrected chi connectivity index (χ2v) is 8.37. The van der Waals surface area contributed by atoms with Crippen molar-refractivity contribution >= 4 is 16.8 Å². The zero-order chi connectivity index (χ0) is 19.7. The summed E-state index contributed by atoms with van der Waals surface area (Å²) in [6, 6.07) is 8.53. The number of nitrogens with zero attached hydrogens (tertiary/aromatic N) is 2. The molecule has 4 rings (SSSR count). The van der Waals surface area contributed by atoms with E-state index < -0.39 is 0 Å². The molecule has 1 aromatic carbocycles. The standard InChI is InChI=1S/C22H28N2O4/c1-23(15-17-14-20(25)18-8-2-3-10-22(18)28-17)11-5-4-9-19-21(26)13-16-7-6-12-24(16,19)27/h2-3,8,10,14,16,19H,4-7,9,11-13,15H2,1H3. The van der Waals surface area contributed by atoms with Crippen LogP contribution >= 0.6 is 0 Å². The van der Waals surface area contributed by atoms with Crippen molar-refractivity contribution < 1.29 is 13.9 Å². The number of hydrogen-bond donors (Lipinski definition) is 0. The summed E-state index contributed by atoms with van der Waals surface area (Å²) in [5.74, 6) is 0.826. The van der Waals surface area contributed by atoms with Crippen molar-refractivity contribution in [2.45, 2.75) is 57.2 Å². The minimum absolute atomic E-state index is 0.0189. The molecule has 6 nitrogen and oxygen atoms in total. The van der Waals surface area contributed by atoms with Gasteiger partial charge in [-0.2, -0.15) is 0 Å². The van der Waals surface area contributed by atoms with Crippen molar-refractivity contribution in [1.29, 1.82) is 0 Å². The summed E-state index contributed by atoms with van der Waals surface area (Å²) in [7, 11) is 1.99. The van der Waals surface area contributed by atoms with E-state index in [9.17, 15) is 14.8 Å². The number of unbranched alkanes of at least 4 members (excludes halogenated alkanes) is 1. The predicted molar refractivity (Wildman–Crippen MR) is 108 cm³/mol. The number of para-hydroxylation sites is 1. The van der Waals surface area contributed by atoms with Crippen LogP contribution in [-0.4, -0.2) is 47.6 Å². The quantitative estimate of drug-likeness (QED) is 0.416. The van der Waals surface area contributed by atoms with Gasteiger partial charge in [0, 0.05) is 25.3 Å². The van der Waals surface area contributed by atoms with E-state index in [1.807, 2.05) is 25.2 Å². The molecular formula is C22H28N2O4. The molecular weight excluding hydrogens is 356 g/mol. The van der Waals surface area contributed by atoms with Crippen molar-refractivity contribution in [1.82, 2.24) is 4.90 Å². The molecule has 3 unspecified atom stereocenters. The summed E-state index contributed by atoms with van der Waals surface area (Å²) in [5.41, 5.74) is 0.595. The van der Waals surface area contributed by atoms with E-state index >= 15 is 0 Å². The van der Waals surface area contributed by atoms with Gasteiger partial charge in [0.15, 0.2) is 11.2 Å². The van der Waals surface area contributed by atoms with Crippen LogP contribution in [0.15, 0.2) is 39.5 Å². The second kappa shape index (κ2) is 7.78. The monoisotopic (exact) mass is 384 g/mol. The van der Waals surface area contributed by atoms with Crippen LogP contribution < -0.4 is 5.43 Å². The number of hydrogen-bond acceptors (Lipinski definition) is 5. The molecule has 3 heterocycles. The van der Waals surface area contributed by atoms with Gasteiger partial charge in [-0.05, 0) is 38.6 Å². The summed E-state index contributed by atoms with van der Waals surface area (Å²) in [6.07, 6.45) is 4.83. The topological polar surface area (TPSA) is 73.6 Å². The molecule has 0 bridgehead atoms. The number of hydroxylamine groups is 3. The van der Waals surface area contributed by atoms with Crippen LogP contribution in [0, 0.1) is 5.21 Å². The zero-order valence-electron chi connectivity index (χ0n) is 16.4. The number of Topliss-reactive ketones (excluding diaryl/α,β-unsaturated/α-hetero) is 1. The lowest BCUT2D eigenvalue weighted by Crippen LogP contribution is -2.49. The minimum atomic E-state index is -0.337. The van der Waals surface area contributed by atoms with Gasteiger partial charge in [0.2, 0.25) is 0 Å². The van der Waals surface area contributed by atoms with E-state index in [1.54, 1.807) is 12.1 Å². The molecule has 0 aliphatic carbocycles. The van der Waals surface area contributed by atoms with Crippen LogP contribution in [0.1, 0.15) is 44.3 Å². The molecule has 2 saturated heterocycles. The summed E-state index contributed by atoms with van der Waals surface area (Å²) in [4.78, 5) is 26.5. The van der Waals surface area contributed by atoms with Crippen LogP contribution in [-0.2, 0) is 11.3 Å². The lowest BCUT2D eigenvalue weighted by Gasteiger charge is -2.43. The fraction of sp³-hybridized carbons (Fsp3) is 0.545. The summed E-state index contributed by atoms with van der Waals surface area (Å²) in [6.45, 7) is 2.01. The lowest BCUT2D eigenvalue weighted by molar-refractivity contribution is -0.898. The van der Waals surface area contributed by atoms with Gasteiger partial charge in [0.05, 0.1) is 30.9 Å². The van der Waals surface area contributed by atoms with E-state index in [2.05, 4.69) is 4.90 Å². The molecule has 0 spiro atoms. The van der Waals surface area contributed by atoms with Crippen molar-refractivity contribution in [3.8, 4) is 0 Å². The Morgan fingerprint density at radius 3 is 2.93 bits per heavy atom. The SMILES string of the molecule is CN(CCCCC1C(=O)CC2CCC[N+]21[O-])Cc1cc(=O)c2ccccc2o1. The van der Waals surface area contributed by atoms with Crippen LogP contribution in [0.4, 0.5) is 0 Å². The van der Waals surface area contributed by atoms with Crippen molar-refractivity contribution in [3.05, 3.63) is 51.5 Å². The molecule has 2 aromatic rings. The van der Waals surface area contributed by atoms with Crippen molar-refractivity contribution in [2.75, 3.05) is 20.1 Å². The fourth-order valence-corrected chi connectivity index (χ4v) is 4.93. The maximum atomic E-state index is 13.0. The zero-order valence-corrected chi connectivity index (χ0v) is 16.4. The molecule has 0 amide bonds. The van der Waals surface area contributed by atoms with Gasteiger partial charge in [-0.1, -0.05) is 12.1 Å². The van der Waals surface area contributed by atoms with E-state index in [0.717, 1.165) is 32.2 Å². The van der Waals surface area contributed by atoms with Crippen molar-refractivity contribution in [3.63, 3.8) is 0 Å². The molecule has 2 fully saturated rings. The van der Waals surface area contributed by atoms with Gasteiger partial charge in [-0.3, -0.25) is 14.5 Å². The first-order chi connectivity index (χ1) is 13.5. The third-order valence-corrected chi connectivity index (χ3v) is 6.38. The highest BCUT2D eigenvalue weighted by Gasteiger charge is 2.51. The Labute approximate surface area is 164 Å². The van der Waals surface area contributed by atoms with E-state index in [0.29, 0.717) is 42.7 Å². The van der Waals surface area contributed by atoms with E-state index in [1.165, 1.54) is 0 Å². The van der Waals surface area contributed by atoms with Crippen LogP contribution in [0.25, 0.3) is 11.0 Å². The molecule has 2 aliphatic heterocycles. The third kappa shape index (κ3) is 3.64. The maximum absolute atomic E-state index is 13.0. The third-order valence-electron chi connectivity index (χ3n) is 6.38. The normalized spacial score (nSPS) is 27.0. The minimum Gasteiger partial charge on any atom is -0.632 e. The summed E-state index contributed by atoms with van der Waals surface area (Å²) >= 11 is 0. The Hall–Kier alpha value is -2.02. The number of quaternary nitrogens is 1. The Balaban J connectivity index is 1.28. The number of carbonyl (C=O) groups is 1. The number of ketones is 1. The average Bonchev–Trinajstić information content (AvgIpc) is 3.12. The first-order valence-electron chi connectivity index (χ1n) is 10.3. The number of rotatable bonds is 7. The van der Waals surface area contributed by atoms with Gasteiger partial charge in [-0.15, -0.1) is 0 Å². The van der Waals surface area contributed by atoms with Gasteiger partial charge >= 0.3 is 0 Å². The fourth-order valence-electron chi connectivity index (χ4n) is 4.93. The Kier molecular flexibility index (Phi) is 5.36. The molecule has 150 valence electrons. The molecule has 0 saturated carbocycles. The molecule has 28 heavy (non-hydrogen) atoms. The van der Waals surface area contributed by atoms with Gasteiger partial charge < -0.3 is 14.3 Å². The first-order valence-corrected chi connectivity index (χ1v) is 10.3. The van der Waals surface area contributed by atoms with Crippen LogP contribution in [0.2, 0.25) is 0 Å². The lowest BCUT2D eigenvalue weighted by atomic mass is 10.0. The maximum Gasteiger partial charge on any atom is 0.196 e. The highest BCUT2D eigenvalue weighted by molar-refractivity contribution is 5.85. The molecule has 6 heteroatoms. The Morgan fingerprint density at radius 2 is 2.07 bits per heavy atom. The van der Waals surface area contributed by atoms with Gasteiger partial charge in [-0.25, -0.2) is 0 Å². The van der Waals surface area contributed by atoms with Crippen LogP contribution in [0.3, 0.4) is 0 Å². The van der Waals surface area contributed by atoms with Gasteiger partial charge in [0.1, 0.15) is 17.4 Å². The molecule has 2 aliphatic rings. The smallest absolute Gasteiger partial charge is 0.196 e. The Morgan fingerprint density at radius 1 is 1.25 bits per heavy atom.